The van der Waals surface area contributed by atoms with Crippen molar-refractivity contribution in [3.05, 3.63) is 33.2 Å². The second-order valence-electron chi connectivity index (χ2n) is 6.28. The van der Waals surface area contributed by atoms with E-state index >= 15 is 0 Å². The molecule has 0 saturated carbocycles. The fourth-order valence-corrected chi connectivity index (χ4v) is 3.12. The minimum absolute atomic E-state index is 0.0621. The standard InChI is InChI=1S/C17H25N3O3/c1-11-10-12(2)19-17(23)15(11)16(22)18-8-7-14(21)20-9-5-4-6-13(20)3/h10,13H,4-9H2,1-3H3,(H,18,22)(H,19,23)/t13-/m0/s1. The van der Waals surface area contributed by atoms with Gasteiger partial charge in [0.1, 0.15) is 5.56 Å². The van der Waals surface area contributed by atoms with E-state index in [0.717, 1.165) is 31.5 Å². The summed E-state index contributed by atoms with van der Waals surface area (Å²) in [5, 5.41) is 2.68. The molecule has 6 nitrogen and oxygen atoms in total. The van der Waals surface area contributed by atoms with Gasteiger partial charge in [-0.2, -0.15) is 0 Å². The molecule has 0 aromatic carbocycles. The SMILES string of the molecule is Cc1cc(C)c(C(=O)NCCC(=O)N2CCCC[C@@H]2C)c(=O)[nH]1. The topological polar surface area (TPSA) is 82.3 Å². The summed E-state index contributed by atoms with van der Waals surface area (Å²) in [5.74, 6) is -0.365. The third kappa shape index (κ3) is 4.21. The van der Waals surface area contributed by atoms with Crippen LogP contribution in [0.1, 0.15) is 54.2 Å². The lowest BCUT2D eigenvalue weighted by Crippen LogP contribution is -2.43. The van der Waals surface area contributed by atoms with Crippen molar-refractivity contribution in [2.24, 2.45) is 0 Å². The lowest BCUT2D eigenvalue weighted by Gasteiger charge is -2.33. The van der Waals surface area contributed by atoms with Crippen LogP contribution in [-0.2, 0) is 4.79 Å². The first-order chi connectivity index (χ1) is 10.9. The first kappa shape index (κ1) is 17.2. The zero-order chi connectivity index (χ0) is 17.0. The van der Waals surface area contributed by atoms with Crippen LogP contribution < -0.4 is 10.9 Å². The third-order valence-electron chi connectivity index (χ3n) is 4.34. The maximum atomic E-state index is 12.2. The Morgan fingerprint density at radius 1 is 1.35 bits per heavy atom. The molecule has 2 rings (SSSR count). The summed E-state index contributed by atoms with van der Waals surface area (Å²) < 4.78 is 0. The molecule has 2 amide bonds. The van der Waals surface area contributed by atoms with Gasteiger partial charge < -0.3 is 15.2 Å². The monoisotopic (exact) mass is 319 g/mol. The van der Waals surface area contributed by atoms with Crippen LogP contribution in [0, 0.1) is 13.8 Å². The van der Waals surface area contributed by atoms with Gasteiger partial charge in [-0.15, -0.1) is 0 Å². The number of carbonyl (C=O) groups excluding carboxylic acids is 2. The predicted octanol–water partition coefficient (Wildman–Crippen LogP) is 1.51. The maximum Gasteiger partial charge on any atom is 0.261 e. The second kappa shape index (κ2) is 7.44. The van der Waals surface area contributed by atoms with Gasteiger partial charge in [-0.25, -0.2) is 0 Å². The van der Waals surface area contributed by atoms with Crippen LogP contribution in [0.2, 0.25) is 0 Å². The Bertz CT molecular complexity index is 651. The van der Waals surface area contributed by atoms with Gasteiger partial charge in [0.05, 0.1) is 0 Å². The maximum absolute atomic E-state index is 12.2. The molecule has 1 saturated heterocycles. The molecule has 1 fully saturated rings. The molecule has 0 radical (unpaired) electrons. The van der Waals surface area contributed by atoms with Gasteiger partial charge >= 0.3 is 0 Å². The lowest BCUT2D eigenvalue weighted by atomic mass is 10.0. The van der Waals surface area contributed by atoms with Crippen LogP contribution in [0.4, 0.5) is 0 Å². The van der Waals surface area contributed by atoms with Crippen molar-refractivity contribution in [3.8, 4) is 0 Å². The number of hydrogen-bond donors (Lipinski definition) is 2. The number of aromatic amines is 1. The molecular weight excluding hydrogens is 294 g/mol. The Balaban J connectivity index is 1.90. The van der Waals surface area contributed by atoms with Crippen LogP contribution in [0.15, 0.2) is 10.9 Å². The van der Waals surface area contributed by atoms with E-state index in [4.69, 9.17) is 0 Å². The van der Waals surface area contributed by atoms with Crippen molar-refractivity contribution in [2.75, 3.05) is 13.1 Å². The number of rotatable bonds is 4. The molecule has 126 valence electrons. The lowest BCUT2D eigenvalue weighted by molar-refractivity contribution is -0.134. The average Bonchev–Trinajstić information content (AvgIpc) is 2.46. The molecule has 0 unspecified atom stereocenters. The first-order valence-corrected chi connectivity index (χ1v) is 8.18. The molecule has 1 aliphatic heterocycles. The van der Waals surface area contributed by atoms with E-state index in [1.165, 1.54) is 0 Å². The van der Waals surface area contributed by atoms with Gasteiger partial charge in [0.15, 0.2) is 0 Å². The minimum Gasteiger partial charge on any atom is -0.351 e. The Hall–Kier alpha value is -2.11. The van der Waals surface area contributed by atoms with Gasteiger partial charge in [0.25, 0.3) is 11.5 Å². The first-order valence-electron chi connectivity index (χ1n) is 8.18. The molecule has 1 aliphatic rings. The Labute approximate surface area is 136 Å². The number of amides is 2. The Morgan fingerprint density at radius 2 is 2.09 bits per heavy atom. The summed E-state index contributed by atoms with van der Waals surface area (Å²) in [6.45, 7) is 6.61. The van der Waals surface area contributed by atoms with E-state index in [1.54, 1.807) is 19.9 Å². The highest BCUT2D eigenvalue weighted by Gasteiger charge is 2.23. The Morgan fingerprint density at radius 3 is 2.74 bits per heavy atom. The number of aromatic nitrogens is 1. The van der Waals surface area contributed by atoms with Crippen LogP contribution in [0.25, 0.3) is 0 Å². The highest BCUT2D eigenvalue weighted by Crippen LogP contribution is 2.17. The van der Waals surface area contributed by atoms with Gasteiger partial charge in [-0.1, -0.05) is 0 Å². The zero-order valence-corrected chi connectivity index (χ0v) is 14.1. The van der Waals surface area contributed by atoms with Crippen LogP contribution in [-0.4, -0.2) is 40.8 Å². The summed E-state index contributed by atoms with van der Waals surface area (Å²) >= 11 is 0. The van der Waals surface area contributed by atoms with Gasteiger partial charge in [-0.05, 0) is 51.7 Å². The Kier molecular flexibility index (Phi) is 5.58. The largest absolute Gasteiger partial charge is 0.351 e. The average molecular weight is 319 g/mol. The van der Waals surface area contributed by atoms with Crippen molar-refractivity contribution in [1.29, 1.82) is 0 Å². The molecule has 0 bridgehead atoms. The summed E-state index contributed by atoms with van der Waals surface area (Å²) in [7, 11) is 0. The fourth-order valence-electron chi connectivity index (χ4n) is 3.12. The van der Waals surface area contributed by atoms with Gasteiger partial charge in [0.2, 0.25) is 5.91 Å². The molecule has 1 atom stereocenters. The number of likely N-dealkylation sites (tertiary alicyclic amines) is 1. The number of hydrogen-bond acceptors (Lipinski definition) is 3. The zero-order valence-electron chi connectivity index (χ0n) is 14.1. The molecule has 2 heterocycles. The van der Waals surface area contributed by atoms with E-state index in [1.807, 2.05) is 4.90 Å². The number of nitrogens with one attached hydrogen (secondary N) is 2. The van der Waals surface area contributed by atoms with Gasteiger partial charge in [0, 0.05) is 31.2 Å². The summed E-state index contributed by atoms with van der Waals surface area (Å²) in [6, 6.07) is 2.03. The number of aryl methyl sites for hydroxylation is 2. The van der Waals surface area contributed by atoms with Crippen molar-refractivity contribution in [2.45, 2.75) is 52.5 Å². The van der Waals surface area contributed by atoms with E-state index in [9.17, 15) is 14.4 Å². The van der Waals surface area contributed by atoms with Crippen LogP contribution in [0.5, 0.6) is 0 Å². The molecule has 1 aromatic rings. The van der Waals surface area contributed by atoms with Gasteiger partial charge in [-0.3, -0.25) is 14.4 Å². The molecule has 2 N–H and O–H groups in total. The fraction of sp³-hybridized carbons (Fsp3) is 0.588. The number of pyridine rings is 1. The predicted molar refractivity (Wildman–Crippen MR) is 88.5 cm³/mol. The van der Waals surface area contributed by atoms with E-state index in [2.05, 4.69) is 17.2 Å². The summed E-state index contributed by atoms with van der Waals surface area (Å²) in [4.78, 5) is 40.8. The van der Waals surface area contributed by atoms with Crippen molar-refractivity contribution in [1.82, 2.24) is 15.2 Å². The normalized spacial score (nSPS) is 17.9. The molecule has 23 heavy (non-hydrogen) atoms. The molecule has 6 heteroatoms. The van der Waals surface area contributed by atoms with Crippen molar-refractivity contribution < 1.29 is 9.59 Å². The second-order valence-corrected chi connectivity index (χ2v) is 6.28. The third-order valence-corrected chi connectivity index (χ3v) is 4.34. The number of piperidine rings is 1. The highest BCUT2D eigenvalue weighted by atomic mass is 16.2. The number of H-pyrrole nitrogens is 1. The minimum atomic E-state index is -0.428. The smallest absolute Gasteiger partial charge is 0.261 e. The summed E-state index contributed by atoms with van der Waals surface area (Å²) in [5.41, 5.74) is 1.09. The van der Waals surface area contributed by atoms with E-state index < -0.39 is 11.5 Å². The quantitative estimate of drug-likeness (QED) is 0.882. The van der Waals surface area contributed by atoms with Crippen LogP contribution in [0.3, 0.4) is 0 Å². The molecule has 0 aliphatic carbocycles. The summed E-state index contributed by atoms with van der Waals surface area (Å²) in [6.07, 6.45) is 3.51. The van der Waals surface area contributed by atoms with E-state index in [-0.39, 0.29) is 30.5 Å². The number of nitrogens with zero attached hydrogens (tertiary/aromatic N) is 1. The number of carbonyl (C=O) groups is 2. The van der Waals surface area contributed by atoms with Crippen molar-refractivity contribution >= 4 is 11.8 Å². The molecule has 0 spiro atoms. The van der Waals surface area contributed by atoms with Crippen LogP contribution >= 0.6 is 0 Å². The highest BCUT2D eigenvalue weighted by molar-refractivity contribution is 5.95. The molecular formula is C17H25N3O3. The van der Waals surface area contributed by atoms with E-state index in [0.29, 0.717) is 5.56 Å². The molecule has 1 aromatic heterocycles. The van der Waals surface area contributed by atoms with Crippen molar-refractivity contribution in [3.63, 3.8) is 0 Å².